The van der Waals surface area contributed by atoms with Crippen molar-refractivity contribution in [2.24, 2.45) is 7.05 Å². The van der Waals surface area contributed by atoms with Gasteiger partial charge in [0.2, 0.25) is 0 Å². The molecular formula is C27H25FN6O2. The van der Waals surface area contributed by atoms with Crippen LogP contribution in [-0.2, 0) is 11.8 Å². The molecule has 5 aromatic rings. The summed E-state index contributed by atoms with van der Waals surface area (Å²) in [5, 5.41) is 3.49. The van der Waals surface area contributed by atoms with Gasteiger partial charge in [-0.25, -0.2) is 14.4 Å². The minimum absolute atomic E-state index is 0.125. The van der Waals surface area contributed by atoms with Crippen LogP contribution in [0.5, 0.6) is 0 Å². The Bertz CT molecular complexity index is 1620. The van der Waals surface area contributed by atoms with E-state index in [-0.39, 0.29) is 11.6 Å². The maximum atomic E-state index is 15.0. The number of carbonyl (C=O) groups excluding carboxylic acids is 1. The lowest BCUT2D eigenvalue weighted by Crippen LogP contribution is -2.36. The number of aromatic nitrogens is 4. The van der Waals surface area contributed by atoms with E-state index in [0.717, 1.165) is 41.1 Å². The smallest absolute Gasteiger partial charge is 0.256 e. The number of imidazole rings is 1. The van der Waals surface area contributed by atoms with Crippen LogP contribution >= 0.6 is 0 Å². The van der Waals surface area contributed by atoms with Gasteiger partial charge >= 0.3 is 0 Å². The molecule has 0 spiro atoms. The molecule has 0 radical (unpaired) electrons. The molecule has 5 heterocycles. The zero-order valence-corrected chi connectivity index (χ0v) is 20.0. The van der Waals surface area contributed by atoms with Crippen molar-refractivity contribution in [1.82, 2.24) is 18.9 Å². The van der Waals surface area contributed by atoms with Gasteiger partial charge in [0.25, 0.3) is 5.91 Å². The van der Waals surface area contributed by atoms with Gasteiger partial charge in [-0.2, -0.15) is 0 Å². The van der Waals surface area contributed by atoms with Gasteiger partial charge in [-0.15, -0.1) is 0 Å². The van der Waals surface area contributed by atoms with Gasteiger partial charge in [0.05, 0.1) is 30.2 Å². The summed E-state index contributed by atoms with van der Waals surface area (Å²) in [5.74, 6) is -0.874. The third-order valence-electron chi connectivity index (χ3n) is 6.71. The summed E-state index contributed by atoms with van der Waals surface area (Å²) < 4.78 is 24.4. The number of hydrogen-bond acceptors (Lipinski definition) is 5. The molecule has 0 aliphatic carbocycles. The van der Waals surface area contributed by atoms with E-state index in [0.29, 0.717) is 29.8 Å². The van der Waals surface area contributed by atoms with Gasteiger partial charge in [-0.3, -0.25) is 4.79 Å². The van der Waals surface area contributed by atoms with E-state index in [2.05, 4.69) is 26.3 Å². The Morgan fingerprint density at radius 3 is 2.69 bits per heavy atom. The highest BCUT2D eigenvalue weighted by molar-refractivity contribution is 6.12. The molecule has 4 aromatic heterocycles. The van der Waals surface area contributed by atoms with Gasteiger partial charge in [-0.1, -0.05) is 0 Å². The van der Waals surface area contributed by atoms with E-state index in [4.69, 9.17) is 4.74 Å². The molecule has 182 valence electrons. The standard InChI is InChI=1S/C27H25FN6O2/c1-17-13-22(28)23(31-27(35)20-3-5-29-25-19(20)4-7-32(25)2)15-21(17)18-14-24(33-9-11-36-12-10-33)26-30-6-8-34(26)16-18/h3-8,13-16H,9-12H2,1-2H3,(H,31,35). The number of nitrogens with one attached hydrogen (secondary N) is 1. The van der Waals surface area contributed by atoms with Crippen LogP contribution in [-0.4, -0.2) is 51.1 Å². The van der Waals surface area contributed by atoms with E-state index in [1.165, 1.54) is 6.07 Å². The maximum absolute atomic E-state index is 15.0. The van der Waals surface area contributed by atoms with Crippen molar-refractivity contribution < 1.29 is 13.9 Å². The van der Waals surface area contributed by atoms with Crippen LogP contribution in [0.2, 0.25) is 0 Å². The Balaban J connectivity index is 1.40. The van der Waals surface area contributed by atoms with Gasteiger partial charge in [-0.05, 0) is 48.4 Å². The lowest BCUT2D eigenvalue weighted by atomic mass is 10.00. The summed E-state index contributed by atoms with van der Waals surface area (Å²) in [6.45, 7) is 4.73. The third-order valence-corrected chi connectivity index (χ3v) is 6.71. The summed E-state index contributed by atoms with van der Waals surface area (Å²) in [5.41, 5.74) is 5.62. The molecule has 8 nitrogen and oxygen atoms in total. The Labute approximate surface area is 207 Å². The second-order valence-corrected chi connectivity index (χ2v) is 9.00. The first-order valence-electron chi connectivity index (χ1n) is 11.8. The van der Waals surface area contributed by atoms with Crippen molar-refractivity contribution in [3.8, 4) is 11.1 Å². The van der Waals surface area contributed by atoms with Crippen molar-refractivity contribution in [3.63, 3.8) is 0 Å². The predicted octanol–water partition coefficient (Wildman–Crippen LogP) is 4.42. The number of ether oxygens (including phenoxy) is 1. The number of benzene rings is 1. The van der Waals surface area contributed by atoms with Crippen LogP contribution in [0, 0.1) is 12.7 Å². The fraction of sp³-hybridized carbons (Fsp3) is 0.222. The van der Waals surface area contributed by atoms with Crippen LogP contribution < -0.4 is 10.2 Å². The summed E-state index contributed by atoms with van der Waals surface area (Å²) in [6, 6.07) is 8.72. The minimum atomic E-state index is -0.486. The average molecular weight is 485 g/mol. The number of rotatable bonds is 4. The quantitative estimate of drug-likeness (QED) is 0.409. The summed E-state index contributed by atoms with van der Waals surface area (Å²) in [7, 11) is 1.87. The van der Waals surface area contributed by atoms with Crippen molar-refractivity contribution >= 4 is 34.0 Å². The molecule has 1 fully saturated rings. The molecule has 1 saturated heterocycles. The zero-order chi connectivity index (χ0) is 24.8. The van der Waals surface area contributed by atoms with Crippen LogP contribution in [0.3, 0.4) is 0 Å². The Hall–Kier alpha value is -4.24. The van der Waals surface area contributed by atoms with Gasteiger partial charge in [0, 0.05) is 62.1 Å². The van der Waals surface area contributed by atoms with Gasteiger partial charge in [0.15, 0.2) is 5.65 Å². The highest BCUT2D eigenvalue weighted by Crippen LogP contribution is 2.33. The van der Waals surface area contributed by atoms with Gasteiger partial charge in [0.1, 0.15) is 11.5 Å². The third kappa shape index (κ3) is 3.77. The predicted molar refractivity (Wildman–Crippen MR) is 137 cm³/mol. The van der Waals surface area contributed by atoms with Crippen molar-refractivity contribution in [1.29, 1.82) is 0 Å². The molecule has 0 saturated carbocycles. The molecule has 1 N–H and O–H groups in total. The largest absolute Gasteiger partial charge is 0.378 e. The second kappa shape index (κ2) is 8.76. The summed E-state index contributed by atoms with van der Waals surface area (Å²) in [4.78, 5) is 24.3. The van der Waals surface area contributed by atoms with Crippen molar-refractivity contribution in [2.45, 2.75) is 6.92 Å². The molecule has 0 unspecified atom stereocenters. The number of fused-ring (bicyclic) bond motifs is 2. The number of nitrogens with zero attached hydrogens (tertiary/aromatic N) is 5. The van der Waals surface area contributed by atoms with Crippen LogP contribution in [0.15, 0.2) is 61.3 Å². The second-order valence-electron chi connectivity index (χ2n) is 9.00. The Kier molecular flexibility index (Phi) is 5.41. The number of pyridine rings is 2. The average Bonchev–Trinajstić information content (AvgIpc) is 3.52. The number of carbonyl (C=O) groups is 1. The van der Waals surface area contributed by atoms with E-state index in [9.17, 15) is 4.79 Å². The number of amides is 1. The van der Waals surface area contributed by atoms with Crippen molar-refractivity contribution in [2.75, 3.05) is 36.5 Å². The number of halogens is 1. The molecule has 1 aromatic carbocycles. The molecule has 1 aliphatic rings. The monoisotopic (exact) mass is 484 g/mol. The lowest BCUT2D eigenvalue weighted by Gasteiger charge is -2.29. The van der Waals surface area contributed by atoms with E-state index < -0.39 is 5.82 Å². The highest BCUT2D eigenvalue weighted by Gasteiger charge is 2.20. The number of morpholine rings is 1. The minimum Gasteiger partial charge on any atom is -0.378 e. The first-order valence-corrected chi connectivity index (χ1v) is 11.8. The number of hydrogen-bond donors (Lipinski definition) is 1. The molecule has 1 aliphatic heterocycles. The summed E-state index contributed by atoms with van der Waals surface area (Å²) in [6.07, 6.45) is 9.08. The maximum Gasteiger partial charge on any atom is 0.256 e. The first-order chi connectivity index (χ1) is 17.5. The molecule has 6 rings (SSSR count). The zero-order valence-electron chi connectivity index (χ0n) is 20.0. The Morgan fingerprint density at radius 1 is 1.06 bits per heavy atom. The normalized spacial score (nSPS) is 14.0. The lowest BCUT2D eigenvalue weighted by molar-refractivity contribution is 0.102. The number of anilines is 2. The van der Waals surface area contributed by atoms with Gasteiger partial charge < -0.3 is 23.9 Å². The van der Waals surface area contributed by atoms with E-state index >= 15 is 4.39 Å². The first kappa shape index (κ1) is 22.2. The molecule has 36 heavy (non-hydrogen) atoms. The molecule has 0 atom stereocenters. The van der Waals surface area contributed by atoms with Crippen LogP contribution in [0.4, 0.5) is 15.8 Å². The molecular weight excluding hydrogens is 459 g/mol. The van der Waals surface area contributed by atoms with Crippen molar-refractivity contribution in [3.05, 3.63) is 78.3 Å². The molecule has 9 heteroatoms. The summed E-state index contributed by atoms with van der Waals surface area (Å²) >= 11 is 0. The van der Waals surface area contributed by atoms with E-state index in [1.54, 1.807) is 24.5 Å². The highest BCUT2D eigenvalue weighted by atomic mass is 19.1. The SMILES string of the molecule is Cc1cc(F)c(NC(=O)c2ccnc3c2ccn3C)cc1-c1cc(N2CCOCC2)c2nccn2c1. The molecule has 0 bridgehead atoms. The fourth-order valence-electron chi connectivity index (χ4n) is 4.83. The number of aryl methyl sites for hydroxylation is 2. The Morgan fingerprint density at radius 2 is 1.86 bits per heavy atom. The van der Waals surface area contributed by atoms with Crippen LogP contribution in [0.25, 0.3) is 27.8 Å². The molecule has 1 amide bonds. The van der Waals surface area contributed by atoms with E-state index in [1.807, 2.05) is 47.6 Å². The van der Waals surface area contributed by atoms with Crippen LogP contribution in [0.1, 0.15) is 15.9 Å². The fourth-order valence-corrected chi connectivity index (χ4v) is 4.83. The topological polar surface area (TPSA) is 76.7 Å².